The van der Waals surface area contributed by atoms with Gasteiger partial charge in [-0.05, 0) is 37.3 Å². The largest absolute Gasteiger partial charge is 0.465 e. The van der Waals surface area contributed by atoms with Gasteiger partial charge in [0, 0.05) is 5.69 Å². The highest BCUT2D eigenvalue weighted by Gasteiger charge is 2.09. The van der Waals surface area contributed by atoms with Gasteiger partial charge in [-0.3, -0.25) is 4.72 Å². The van der Waals surface area contributed by atoms with E-state index in [1.165, 1.54) is 20.1 Å². The Kier molecular flexibility index (Phi) is 5.12. The summed E-state index contributed by atoms with van der Waals surface area (Å²) in [6.45, 7) is 1.53. The number of sulfonamides is 1. The second kappa shape index (κ2) is 7.05. The summed E-state index contributed by atoms with van der Waals surface area (Å²) >= 11 is 0. The van der Waals surface area contributed by atoms with Gasteiger partial charge in [-0.15, -0.1) is 10.2 Å². The van der Waals surface area contributed by atoms with Crippen LogP contribution in [0.5, 0.6) is 0 Å². The van der Waals surface area contributed by atoms with Crippen molar-refractivity contribution in [2.45, 2.75) is 6.92 Å². The van der Waals surface area contributed by atoms with Gasteiger partial charge in [0.25, 0.3) is 0 Å². The number of benzene rings is 1. The Hall–Kier alpha value is -2.68. The van der Waals surface area contributed by atoms with Crippen molar-refractivity contribution >= 4 is 33.3 Å². The van der Waals surface area contributed by atoms with Gasteiger partial charge in [-0.1, -0.05) is 6.07 Å². The first-order valence-corrected chi connectivity index (χ1v) is 8.38. The fourth-order valence-electron chi connectivity index (χ4n) is 1.67. The van der Waals surface area contributed by atoms with Gasteiger partial charge >= 0.3 is 5.97 Å². The quantitative estimate of drug-likeness (QED) is 0.773. The number of anilines is 3. The average Bonchev–Trinajstić information content (AvgIpc) is 2.56. The Morgan fingerprint density at radius 2 is 1.87 bits per heavy atom. The zero-order valence-corrected chi connectivity index (χ0v) is 13.4. The Labute approximate surface area is 133 Å². The zero-order chi connectivity index (χ0) is 16.9. The van der Waals surface area contributed by atoms with Crippen LogP contribution in [0.15, 0.2) is 36.4 Å². The molecule has 2 N–H and O–H groups in total. The van der Waals surface area contributed by atoms with Gasteiger partial charge in [-0.25, -0.2) is 13.2 Å². The number of hydrogen-bond donors (Lipinski definition) is 2. The van der Waals surface area contributed by atoms with Gasteiger partial charge < -0.3 is 10.1 Å². The molecule has 0 aliphatic carbocycles. The summed E-state index contributed by atoms with van der Waals surface area (Å²) in [4.78, 5) is 11.5. The van der Waals surface area contributed by atoms with Crippen LogP contribution in [0.4, 0.5) is 17.3 Å². The number of carbonyl (C=O) groups is 1. The number of nitrogens with one attached hydrogen (secondary N) is 2. The third kappa shape index (κ3) is 4.65. The van der Waals surface area contributed by atoms with Crippen LogP contribution in [-0.2, 0) is 14.8 Å². The second-order valence-electron chi connectivity index (χ2n) is 4.51. The molecule has 0 saturated carbocycles. The van der Waals surface area contributed by atoms with Crippen LogP contribution in [-0.4, -0.2) is 37.4 Å². The van der Waals surface area contributed by atoms with Gasteiger partial charge in [-0.2, -0.15) is 0 Å². The number of nitrogens with zero attached hydrogens (tertiary/aromatic N) is 2. The topological polar surface area (TPSA) is 110 Å². The first-order chi connectivity index (χ1) is 10.9. The van der Waals surface area contributed by atoms with Crippen molar-refractivity contribution in [1.82, 2.24) is 10.2 Å². The SMILES string of the molecule is CCS(=O)(=O)Nc1ccc(Nc2cccc(C(=O)OC)c2)nn1. The van der Waals surface area contributed by atoms with E-state index in [2.05, 4.69) is 25.0 Å². The number of hydrogen-bond acceptors (Lipinski definition) is 7. The summed E-state index contributed by atoms with van der Waals surface area (Å²) in [6, 6.07) is 9.76. The molecule has 1 heterocycles. The molecule has 0 aliphatic heterocycles. The average molecular weight is 336 g/mol. The highest BCUT2D eigenvalue weighted by molar-refractivity contribution is 7.92. The van der Waals surface area contributed by atoms with Crippen molar-refractivity contribution in [3.8, 4) is 0 Å². The predicted octanol–water partition coefficient (Wildman–Crippen LogP) is 1.77. The zero-order valence-electron chi connectivity index (χ0n) is 12.6. The van der Waals surface area contributed by atoms with Crippen LogP contribution in [0.1, 0.15) is 17.3 Å². The molecule has 122 valence electrons. The van der Waals surface area contributed by atoms with E-state index >= 15 is 0 Å². The van der Waals surface area contributed by atoms with Gasteiger partial charge in [0.2, 0.25) is 10.0 Å². The van der Waals surface area contributed by atoms with Crippen LogP contribution < -0.4 is 10.0 Å². The van der Waals surface area contributed by atoms with Crippen molar-refractivity contribution in [2.24, 2.45) is 0 Å². The molecule has 0 unspecified atom stereocenters. The molecule has 1 aromatic carbocycles. The lowest BCUT2D eigenvalue weighted by Gasteiger charge is -2.08. The Bertz CT molecular complexity index is 791. The van der Waals surface area contributed by atoms with Crippen LogP contribution in [0.2, 0.25) is 0 Å². The molecule has 8 nitrogen and oxygen atoms in total. The Morgan fingerprint density at radius 1 is 1.17 bits per heavy atom. The molecule has 0 aliphatic rings. The van der Waals surface area contributed by atoms with Crippen LogP contribution >= 0.6 is 0 Å². The fraction of sp³-hybridized carbons (Fsp3) is 0.214. The molecule has 0 fully saturated rings. The first kappa shape index (κ1) is 16.7. The van der Waals surface area contributed by atoms with E-state index in [1.54, 1.807) is 30.3 Å². The number of esters is 1. The molecular weight excluding hydrogens is 320 g/mol. The maximum atomic E-state index is 11.5. The highest BCUT2D eigenvalue weighted by atomic mass is 32.2. The monoisotopic (exact) mass is 336 g/mol. The molecule has 0 atom stereocenters. The number of rotatable bonds is 6. The van der Waals surface area contributed by atoms with Gasteiger partial charge in [0.1, 0.15) is 0 Å². The molecule has 0 amide bonds. The van der Waals surface area contributed by atoms with Crippen LogP contribution in [0.3, 0.4) is 0 Å². The Balaban J connectivity index is 2.11. The second-order valence-corrected chi connectivity index (χ2v) is 6.52. The summed E-state index contributed by atoms with van der Waals surface area (Å²) in [5.41, 5.74) is 1.03. The minimum absolute atomic E-state index is 0.0466. The van der Waals surface area contributed by atoms with E-state index in [4.69, 9.17) is 0 Å². The molecule has 23 heavy (non-hydrogen) atoms. The molecule has 1 aromatic heterocycles. The molecule has 0 saturated heterocycles. The number of ether oxygens (including phenoxy) is 1. The molecule has 2 aromatic rings. The lowest BCUT2D eigenvalue weighted by molar-refractivity contribution is 0.0601. The minimum atomic E-state index is -3.39. The number of carbonyl (C=O) groups excluding carboxylic acids is 1. The van der Waals surface area contributed by atoms with Crippen molar-refractivity contribution in [1.29, 1.82) is 0 Å². The maximum Gasteiger partial charge on any atom is 0.337 e. The van der Waals surface area contributed by atoms with Crippen molar-refractivity contribution in [3.05, 3.63) is 42.0 Å². The summed E-state index contributed by atoms with van der Waals surface area (Å²) in [6.07, 6.45) is 0. The van der Waals surface area contributed by atoms with Crippen LogP contribution in [0.25, 0.3) is 0 Å². The third-order valence-corrected chi connectivity index (χ3v) is 4.14. The van der Waals surface area contributed by atoms with Crippen molar-refractivity contribution in [2.75, 3.05) is 22.9 Å². The molecule has 2 rings (SSSR count). The maximum absolute atomic E-state index is 11.5. The lowest BCUT2D eigenvalue weighted by atomic mass is 10.2. The number of aromatic nitrogens is 2. The van der Waals surface area contributed by atoms with Crippen molar-refractivity contribution < 1.29 is 17.9 Å². The fourth-order valence-corrected chi connectivity index (χ4v) is 2.25. The van der Waals surface area contributed by atoms with Crippen LogP contribution in [0, 0.1) is 0 Å². The molecule has 9 heteroatoms. The summed E-state index contributed by atoms with van der Waals surface area (Å²) in [5.74, 6) is 0.0610. The third-order valence-electron chi connectivity index (χ3n) is 2.86. The predicted molar refractivity (Wildman–Crippen MR) is 86.2 cm³/mol. The first-order valence-electron chi connectivity index (χ1n) is 6.73. The summed E-state index contributed by atoms with van der Waals surface area (Å²) in [5, 5.41) is 10.6. The van der Waals surface area contributed by atoms with E-state index in [0.29, 0.717) is 17.1 Å². The van der Waals surface area contributed by atoms with E-state index in [9.17, 15) is 13.2 Å². The molecule has 0 radical (unpaired) electrons. The van der Waals surface area contributed by atoms with E-state index in [-0.39, 0.29) is 11.6 Å². The minimum Gasteiger partial charge on any atom is -0.465 e. The number of methoxy groups -OCH3 is 1. The molecule has 0 bridgehead atoms. The molecular formula is C14H16N4O4S. The standard InChI is InChI=1S/C14H16N4O4S/c1-3-23(20,21)18-13-8-7-12(16-17-13)15-11-6-4-5-10(9-11)14(19)22-2/h4-9H,3H2,1-2H3,(H,15,16)(H,17,18). The summed E-state index contributed by atoms with van der Waals surface area (Å²) in [7, 11) is -2.08. The highest BCUT2D eigenvalue weighted by Crippen LogP contribution is 2.17. The summed E-state index contributed by atoms with van der Waals surface area (Å²) < 4.78 is 29.8. The lowest BCUT2D eigenvalue weighted by Crippen LogP contribution is -2.15. The van der Waals surface area contributed by atoms with Gasteiger partial charge in [0.15, 0.2) is 11.6 Å². The van der Waals surface area contributed by atoms with E-state index in [1.807, 2.05) is 0 Å². The van der Waals surface area contributed by atoms with Gasteiger partial charge in [0.05, 0.1) is 18.4 Å². The normalized spacial score (nSPS) is 10.9. The van der Waals surface area contributed by atoms with E-state index in [0.717, 1.165) is 0 Å². The van der Waals surface area contributed by atoms with E-state index < -0.39 is 16.0 Å². The van der Waals surface area contributed by atoms with Crippen molar-refractivity contribution in [3.63, 3.8) is 0 Å². The Morgan fingerprint density at radius 3 is 2.48 bits per heavy atom. The molecule has 0 spiro atoms. The smallest absolute Gasteiger partial charge is 0.337 e.